The summed E-state index contributed by atoms with van der Waals surface area (Å²) in [5.41, 5.74) is 1.79. The number of nitro groups is 1. The minimum absolute atomic E-state index is 0.137. The SMILES string of the molecule is CC(=O)c1cc([N+](=O)[O-])ccc1OCc1ncccc1C. The molecule has 21 heavy (non-hydrogen) atoms. The van der Waals surface area contributed by atoms with E-state index in [1.165, 1.54) is 25.1 Å². The maximum Gasteiger partial charge on any atom is 0.270 e. The number of carbonyl (C=O) groups excluding carboxylic acids is 1. The van der Waals surface area contributed by atoms with Gasteiger partial charge in [0.15, 0.2) is 5.78 Å². The van der Waals surface area contributed by atoms with Gasteiger partial charge in [0.25, 0.3) is 5.69 Å². The van der Waals surface area contributed by atoms with Crippen molar-refractivity contribution in [3.8, 4) is 5.75 Å². The molecule has 2 aromatic rings. The molecule has 0 spiro atoms. The zero-order chi connectivity index (χ0) is 15.4. The number of aromatic nitrogens is 1. The molecule has 0 radical (unpaired) electrons. The van der Waals surface area contributed by atoms with Crippen LogP contribution < -0.4 is 4.74 Å². The van der Waals surface area contributed by atoms with Crippen molar-refractivity contribution >= 4 is 11.5 Å². The van der Waals surface area contributed by atoms with Crippen LogP contribution in [0.2, 0.25) is 0 Å². The van der Waals surface area contributed by atoms with Crippen molar-refractivity contribution in [3.63, 3.8) is 0 Å². The highest BCUT2D eigenvalue weighted by Gasteiger charge is 2.15. The Balaban J connectivity index is 2.26. The van der Waals surface area contributed by atoms with Crippen molar-refractivity contribution < 1.29 is 14.5 Å². The van der Waals surface area contributed by atoms with E-state index in [1.54, 1.807) is 6.20 Å². The number of hydrogen-bond acceptors (Lipinski definition) is 5. The summed E-state index contributed by atoms with van der Waals surface area (Å²) in [6.45, 7) is 3.45. The van der Waals surface area contributed by atoms with Gasteiger partial charge in [-0.3, -0.25) is 19.9 Å². The Morgan fingerprint density at radius 2 is 2.14 bits per heavy atom. The zero-order valence-corrected chi connectivity index (χ0v) is 11.7. The Morgan fingerprint density at radius 1 is 1.38 bits per heavy atom. The Kier molecular flexibility index (Phi) is 4.27. The van der Waals surface area contributed by atoms with E-state index in [4.69, 9.17) is 4.74 Å². The molecule has 2 rings (SSSR count). The lowest BCUT2D eigenvalue weighted by Crippen LogP contribution is -2.05. The second-order valence-electron chi connectivity index (χ2n) is 4.55. The third-order valence-corrected chi connectivity index (χ3v) is 3.04. The van der Waals surface area contributed by atoms with Crippen molar-refractivity contribution in [2.24, 2.45) is 0 Å². The lowest BCUT2D eigenvalue weighted by atomic mass is 10.1. The van der Waals surface area contributed by atoms with Crippen LogP contribution in [0.3, 0.4) is 0 Å². The highest BCUT2D eigenvalue weighted by Crippen LogP contribution is 2.25. The van der Waals surface area contributed by atoms with Crippen molar-refractivity contribution in [2.45, 2.75) is 20.5 Å². The monoisotopic (exact) mass is 286 g/mol. The summed E-state index contributed by atoms with van der Waals surface area (Å²) in [6.07, 6.45) is 1.66. The first-order chi connectivity index (χ1) is 9.99. The predicted molar refractivity (Wildman–Crippen MR) is 76.4 cm³/mol. The highest BCUT2D eigenvalue weighted by atomic mass is 16.6. The molecule has 1 heterocycles. The molecule has 0 aliphatic heterocycles. The third-order valence-electron chi connectivity index (χ3n) is 3.04. The van der Waals surface area contributed by atoms with Crippen LogP contribution in [0, 0.1) is 17.0 Å². The summed E-state index contributed by atoms with van der Waals surface area (Å²) >= 11 is 0. The number of Topliss-reactive ketones (excluding diaryl/α,β-unsaturated/α-hetero) is 1. The first-order valence-electron chi connectivity index (χ1n) is 6.31. The van der Waals surface area contributed by atoms with Crippen molar-refractivity contribution in [1.29, 1.82) is 0 Å². The van der Waals surface area contributed by atoms with Gasteiger partial charge in [0.1, 0.15) is 12.4 Å². The van der Waals surface area contributed by atoms with Crippen molar-refractivity contribution in [1.82, 2.24) is 4.98 Å². The quantitative estimate of drug-likeness (QED) is 0.479. The zero-order valence-electron chi connectivity index (χ0n) is 11.7. The lowest BCUT2D eigenvalue weighted by molar-refractivity contribution is -0.384. The van der Waals surface area contributed by atoms with E-state index in [0.29, 0.717) is 5.75 Å². The number of benzene rings is 1. The van der Waals surface area contributed by atoms with Crippen LogP contribution in [0.1, 0.15) is 28.5 Å². The number of nitro benzene ring substituents is 1. The van der Waals surface area contributed by atoms with Gasteiger partial charge in [-0.25, -0.2) is 0 Å². The molecule has 0 amide bonds. The number of pyridine rings is 1. The molecule has 0 atom stereocenters. The molecule has 1 aromatic heterocycles. The van der Waals surface area contributed by atoms with E-state index in [1.807, 2.05) is 19.1 Å². The average molecular weight is 286 g/mol. The Labute approximate surface area is 121 Å². The van der Waals surface area contributed by atoms with Gasteiger partial charge in [0.05, 0.1) is 16.2 Å². The fourth-order valence-electron chi connectivity index (χ4n) is 1.85. The van der Waals surface area contributed by atoms with Gasteiger partial charge in [-0.2, -0.15) is 0 Å². The first kappa shape index (κ1) is 14.6. The number of hydrogen-bond donors (Lipinski definition) is 0. The van der Waals surface area contributed by atoms with Crippen LogP contribution in [0.25, 0.3) is 0 Å². The molecule has 0 saturated carbocycles. The highest BCUT2D eigenvalue weighted by molar-refractivity contribution is 5.97. The molecule has 1 aromatic carbocycles. The number of carbonyl (C=O) groups is 1. The number of ether oxygens (including phenoxy) is 1. The van der Waals surface area contributed by atoms with Crippen LogP contribution in [0.4, 0.5) is 5.69 Å². The molecule has 6 heteroatoms. The van der Waals surface area contributed by atoms with Gasteiger partial charge >= 0.3 is 0 Å². The van der Waals surface area contributed by atoms with E-state index >= 15 is 0 Å². The second-order valence-corrected chi connectivity index (χ2v) is 4.55. The summed E-state index contributed by atoms with van der Waals surface area (Å²) in [7, 11) is 0. The largest absolute Gasteiger partial charge is 0.487 e. The maximum atomic E-state index is 11.6. The third kappa shape index (κ3) is 3.42. The van der Waals surface area contributed by atoms with Crippen molar-refractivity contribution in [3.05, 3.63) is 63.5 Å². The number of ketones is 1. The molecule has 0 unspecified atom stereocenters. The standard InChI is InChI=1S/C15H14N2O4/c1-10-4-3-7-16-14(10)9-21-15-6-5-12(17(19)20)8-13(15)11(2)18/h3-8H,9H2,1-2H3. The Bertz CT molecular complexity index is 698. The van der Waals surface area contributed by atoms with E-state index in [-0.39, 0.29) is 23.6 Å². The van der Waals surface area contributed by atoms with E-state index < -0.39 is 4.92 Å². The Hall–Kier alpha value is -2.76. The molecule has 6 nitrogen and oxygen atoms in total. The van der Waals surface area contributed by atoms with Crippen LogP contribution >= 0.6 is 0 Å². The summed E-state index contributed by atoms with van der Waals surface area (Å²) in [6, 6.07) is 7.71. The first-order valence-corrected chi connectivity index (χ1v) is 6.31. The van der Waals surface area contributed by atoms with Crippen LogP contribution in [-0.2, 0) is 6.61 Å². The molecule has 0 fully saturated rings. The van der Waals surface area contributed by atoms with E-state index in [2.05, 4.69) is 4.98 Å². The molecule has 0 bridgehead atoms. The normalized spacial score (nSPS) is 10.2. The lowest BCUT2D eigenvalue weighted by Gasteiger charge is -2.10. The van der Waals surface area contributed by atoms with Crippen LogP contribution in [0.5, 0.6) is 5.75 Å². The predicted octanol–water partition coefficient (Wildman–Crippen LogP) is 3.08. The van der Waals surface area contributed by atoms with Gasteiger partial charge in [-0.1, -0.05) is 6.07 Å². The van der Waals surface area contributed by atoms with E-state index in [0.717, 1.165) is 11.3 Å². The molecule has 0 aliphatic carbocycles. The second kappa shape index (κ2) is 6.13. The maximum absolute atomic E-state index is 11.6. The molecule has 0 aliphatic rings. The smallest absolute Gasteiger partial charge is 0.270 e. The summed E-state index contributed by atoms with van der Waals surface area (Å²) < 4.78 is 5.59. The number of rotatable bonds is 5. The molecular formula is C15H14N2O4. The topological polar surface area (TPSA) is 82.3 Å². The number of nitrogens with zero attached hydrogens (tertiary/aromatic N) is 2. The van der Waals surface area contributed by atoms with Gasteiger partial charge in [-0.15, -0.1) is 0 Å². The van der Waals surface area contributed by atoms with Crippen molar-refractivity contribution in [2.75, 3.05) is 0 Å². The minimum atomic E-state index is -0.543. The molecule has 0 N–H and O–H groups in total. The van der Waals surface area contributed by atoms with Gasteiger partial charge in [0.2, 0.25) is 0 Å². The molecule has 0 saturated heterocycles. The number of non-ortho nitro benzene ring substituents is 1. The molecular weight excluding hydrogens is 272 g/mol. The summed E-state index contributed by atoms with van der Waals surface area (Å²) in [4.78, 5) is 26.0. The summed E-state index contributed by atoms with van der Waals surface area (Å²) in [5, 5.41) is 10.8. The fourth-order valence-corrected chi connectivity index (χ4v) is 1.85. The van der Waals surface area contributed by atoms with Crippen LogP contribution in [0.15, 0.2) is 36.5 Å². The molecule has 108 valence electrons. The minimum Gasteiger partial charge on any atom is -0.487 e. The van der Waals surface area contributed by atoms with Gasteiger partial charge < -0.3 is 4.74 Å². The summed E-state index contributed by atoms with van der Waals surface area (Å²) in [5.74, 6) is 0.0320. The van der Waals surface area contributed by atoms with E-state index in [9.17, 15) is 14.9 Å². The fraction of sp³-hybridized carbons (Fsp3) is 0.200. The van der Waals surface area contributed by atoms with Gasteiger partial charge in [-0.05, 0) is 31.5 Å². The Morgan fingerprint density at radius 3 is 2.76 bits per heavy atom. The van der Waals surface area contributed by atoms with Gasteiger partial charge in [0, 0.05) is 18.3 Å². The number of aryl methyl sites for hydroxylation is 1. The average Bonchev–Trinajstić information content (AvgIpc) is 2.46. The van der Waals surface area contributed by atoms with Crippen LogP contribution in [-0.4, -0.2) is 15.7 Å².